The molecule has 0 radical (unpaired) electrons. The number of H-pyrrole nitrogens is 1. The first-order valence-corrected chi connectivity index (χ1v) is 13.5. The Balaban J connectivity index is 1.39. The van der Waals surface area contributed by atoms with Crippen molar-refractivity contribution in [2.24, 2.45) is 11.8 Å². The molecule has 8 nitrogen and oxygen atoms in total. The molecule has 3 N–H and O–H groups in total. The number of benzene rings is 1. The van der Waals surface area contributed by atoms with E-state index < -0.39 is 0 Å². The van der Waals surface area contributed by atoms with E-state index in [9.17, 15) is 9.59 Å². The first kappa shape index (κ1) is 25.2. The molecule has 0 aliphatic heterocycles. The number of hydrogen-bond acceptors (Lipinski definition) is 5. The lowest BCUT2D eigenvalue weighted by Crippen LogP contribution is -2.48. The van der Waals surface area contributed by atoms with E-state index in [1.54, 1.807) is 0 Å². The fourth-order valence-electron chi connectivity index (χ4n) is 5.36. The summed E-state index contributed by atoms with van der Waals surface area (Å²) in [7, 11) is 0. The molecule has 2 aromatic heterocycles. The standard InChI is InChI=1S/C29H37N5O3/c1-5-24(35)33-20-9-10-22(17(3)13-20)34-29(36)25-18(4)32-28-26(30-15-31-27(25)28)21-12-16(2)6-11-23(21)37-14-19-7-8-19/h6,11-12,15,17,19-20,22,32H,5,7-10,13-14H2,1-4H3,(H,33,35)(H,34,36). The molecule has 2 aliphatic carbocycles. The van der Waals surface area contributed by atoms with Crippen molar-refractivity contribution in [3.63, 3.8) is 0 Å². The second-order valence-corrected chi connectivity index (χ2v) is 10.8. The lowest BCUT2D eigenvalue weighted by Gasteiger charge is -2.35. The zero-order chi connectivity index (χ0) is 26.1. The molecule has 2 amide bonds. The Morgan fingerprint density at radius 2 is 1.92 bits per heavy atom. The number of carbonyl (C=O) groups is 2. The van der Waals surface area contributed by atoms with Gasteiger partial charge in [0.1, 0.15) is 23.3 Å². The number of nitrogens with one attached hydrogen (secondary N) is 3. The predicted molar refractivity (Wildman–Crippen MR) is 144 cm³/mol. The maximum absolute atomic E-state index is 13.5. The third kappa shape index (κ3) is 5.48. The van der Waals surface area contributed by atoms with Gasteiger partial charge in [0.2, 0.25) is 5.91 Å². The maximum atomic E-state index is 13.5. The number of carbonyl (C=O) groups excluding carboxylic acids is 2. The molecule has 0 bridgehead atoms. The number of amides is 2. The lowest BCUT2D eigenvalue weighted by atomic mass is 9.82. The van der Waals surface area contributed by atoms with Gasteiger partial charge in [0.05, 0.1) is 17.7 Å². The number of aromatic amines is 1. The normalized spacial score (nSPS) is 21.6. The summed E-state index contributed by atoms with van der Waals surface area (Å²) in [6.45, 7) is 8.67. The monoisotopic (exact) mass is 503 g/mol. The van der Waals surface area contributed by atoms with E-state index in [0.717, 1.165) is 53.0 Å². The van der Waals surface area contributed by atoms with Crippen molar-refractivity contribution in [2.75, 3.05) is 6.61 Å². The summed E-state index contributed by atoms with van der Waals surface area (Å²) in [5.74, 6) is 1.66. The van der Waals surface area contributed by atoms with Crippen molar-refractivity contribution in [1.29, 1.82) is 0 Å². The number of fused-ring (bicyclic) bond motifs is 1. The Bertz CT molecular complexity index is 1310. The van der Waals surface area contributed by atoms with Gasteiger partial charge in [-0.05, 0) is 69.9 Å². The molecule has 0 saturated heterocycles. The Kier molecular flexibility index (Phi) is 7.17. The average molecular weight is 504 g/mol. The number of nitrogens with zero attached hydrogens (tertiary/aromatic N) is 2. The van der Waals surface area contributed by atoms with Crippen LogP contribution in [-0.4, -0.2) is 45.5 Å². The third-order valence-electron chi connectivity index (χ3n) is 7.73. The first-order valence-electron chi connectivity index (χ1n) is 13.5. The van der Waals surface area contributed by atoms with Crippen molar-refractivity contribution in [3.8, 4) is 17.0 Å². The van der Waals surface area contributed by atoms with E-state index in [4.69, 9.17) is 4.74 Å². The number of hydrogen-bond donors (Lipinski definition) is 3. The van der Waals surface area contributed by atoms with E-state index in [-0.39, 0.29) is 29.8 Å². The van der Waals surface area contributed by atoms with Crippen molar-refractivity contribution in [2.45, 2.75) is 78.3 Å². The molecule has 2 fully saturated rings. The van der Waals surface area contributed by atoms with Gasteiger partial charge < -0.3 is 20.4 Å². The van der Waals surface area contributed by atoms with Crippen LogP contribution in [0.15, 0.2) is 24.5 Å². The van der Waals surface area contributed by atoms with Crippen molar-refractivity contribution in [1.82, 2.24) is 25.6 Å². The van der Waals surface area contributed by atoms with Crippen LogP contribution in [0.5, 0.6) is 5.75 Å². The highest BCUT2D eigenvalue weighted by molar-refractivity contribution is 6.09. The fourth-order valence-corrected chi connectivity index (χ4v) is 5.36. The van der Waals surface area contributed by atoms with Crippen LogP contribution in [0.25, 0.3) is 22.3 Å². The van der Waals surface area contributed by atoms with Crippen LogP contribution < -0.4 is 15.4 Å². The molecule has 1 aromatic carbocycles. The molecular weight excluding hydrogens is 466 g/mol. The largest absolute Gasteiger partial charge is 0.493 e. The van der Waals surface area contributed by atoms with Crippen LogP contribution in [0, 0.1) is 25.7 Å². The Hall–Kier alpha value is -3.42. The highest BCUT2D eigenvalue weighted by Gasteiger charge is 2.31. The second kappa shape index (κ2) is 10.5. The minimum atomic E-state index is -0.129. The van der Waals surface area contributed by atoms with Crippen molar-refractivity contribution in [3.05, 3.63) is 41.3 Å². The summed E-state index contributed by atoms with van der Waals surface area (Å²) < 4.78 is 6.18. The van der Waals surface area contributed by atoms with Crippen LogP contribution >= 0.6 is 0 Å². The van der Waals surface area contributed by atoms with E-state index >= 15 is 0 Å². The molecule has 2 aliphatic rings. The number of rotatable bonds is 8. The molecular formula is C29H37N5O3. The van der Waals surface area contributed by atoms with Crippen LogP contribution in [0.4, 0.5) is 0 Å². The molecule has 8 heteroatoms. The fraction of sp³-hybridized carbons (Fsp3) is 0.517. The van der Waals surface area contributed by atoms with E-state index in [1.807, 2.05) is 26.0 Å². The highest BCUT2D eigenvalue weighted by atomic mass is 16.5. The van der Waals surface area contributed by atoms with Gasteiger partial charge in [0.15, 0.2) is 0 Å². The molecule has 37 heavy (non-hydrogen) atoms. The van der Waals surface area contributed by atoms with Crippen LogP contribution in [0.2, 0.25) is 0 Å². The van der Waals surface area contributed by atoms with Crippen LogP contribution in [-0.2, 0) is 4.79 Å². The zero-order valence-corrected chi connectivity index (χ0v) is 22.2. The van der Waals surface area contributed by atoms with Gasteiger partial charge in [0, 0.05) is 29.8 Å². The highest BCUT2D eigenvalue weighted by Crippen LogP contribution is 2.37. The van der Waals surface area contributed by atoms with Gasteiger partial charge >= 0.3 is 0 Å². The topological polar surface area (TPSA) is 109 Å². The Morgan fingerprint density at radius 3 is 2.65 bits per heavy atom. The molecule has 196 valence electrons. The van der Waals surface area contributed by atoms with Crippen molar-refractivity contribution < 1.29 is 14.3 Å². The minimum Gasteiger partial charge on any atom is -0.493 e. The van der Waals surface area contributed by atoms with Gasteiger partial charge in [-0.3, -0.25) is 9.59 Å². The molecule has 3 unspecified atom stereocenters. The summed E-state index contributed by atoms with van der Waals surface area (Å²) in [5.41, 5.74) is 5.43. The van der Waals surface area contributed by atoms with Crippen LogP contribution in [0.3, 0.4) is 0 Å². The smallest absolute Gasteiger partial charge is 0.255 e. The van der Waals surface area contributed by atoms with Gasteiger partial charge in [-0.15, -0.1) is 0 Å². The van der Waals surface area contributed by atoms with E-state index in [2.05, 4.69) is 45.5 Å². The molecule has 0 spiro atoms. The first-order chi connectivity index (χ1) is 17.8. The molecule has 2 saturated carbocycles. The summed E-state index contributed by atoms with van der Waals surface area (Å²) in [5, 5.41) is 6.35. The number of ether oxygens (including phenoxy) is 1. The maximum Gasteiger partial charge on any atom is 0.255 e. The zero-order valence-electron chi connectivity index (χ0n) is 22.2. The van der Waals surface area contributed by atoms with Gasteiger partial charge in [-0.25, -0.2) is 9.97 Å². The molecule has 3 aromatic rings. The lowest BCUT2D eigenvalue weighted by molar-refractivity contribution is -0.121. The third-order valence-corrected chi connectivity index (χ3v) is 7.73. The second-order valence-electron chi connectivity index (χ2n) is 10.8. The average Bonchev–Trinajstić information content (AvgIpc) is 3.64. The quantitative estimate of drug-likeness (QED) is 0.407. The Labute approximate surface area is 218 Å². The van der Waals surface area contributed by atoms with Crippen molar-refractivity contribution >= 4 is 22.8 Å². The Morgan fingerprint density at radius 1 is 1.11 bits per heavy atom. The summed E-state index contributed by atoms with van der Waals surface area (Å²) in [6, 6.07) is 6.35. The summed E-state index contributed by atoms with van der Waals surface area (Å²) in [4.78, 5) is 37.9. The summed E-state index contributed by atoms with van der Waals surface area (Å²) >= 11 is 0. The molecule has 3 atom stereocenters. The number of aromatic nitrogens is 3. The summed E-state index contributed by atoms with van der Waals surface area (Å²) in [6.07, 6.45) is 7.00. The van der Waals surface area contributed by atoms with Gasteiger partial charge in [-0.2, -0.15) is 0 Å². The minimum absolute atomic E-state index is 0.0483. The molecule has 5 rings (SSSR count). The number of aryl methyl sites for hydroxylation is 2. The van der Waals surface area contributed by atoms with Gasteiger partial charge in [0.25, 0.3) is 5.91 Å². The van der Waals surface area contributed by atoms with Gasteiger partial charge in [-0.1, -0.05) is 25.5 Å². The van der Waals surface area contributed by atoms with E-state index in [0.29, 0.717) is 30.0 Å². The molecule has 2 heterocycles. The van der Waals surface area contributed by atoms with E-state index in [1.165, 1.54) is 19.2 Å². The van der Waals surface area contributed by atoms with Crippen LogP contribution in [0.1, 0.15) is 74.0 Å². The predicted octanol–water partition coefficient (Wildman–Crippen LogP) is 4.84. The SMILES string of the molecule is CCC(=O)NC1CCC(NC(=O)c2c(C)[nH]c3c(-c4cc(C)ccc4OCC4CC4)ncnc23)C(C)C1.